The topological polar surface area (TPSA) is 207 Å². The van der Waals surface area contributed by atoms with Gasteiger partial charge in [-0.2, -0.15) is 0 Å². The van der Waals surface area contributed by atoms with Crippen molar-refractivity contribution in [2.24, 2.45) is 0 Å². The lowest BCUT2D eigenvalue weighted by Crippen LogP contribution is -2.54. The maximum Gasteiger partial charge on any atom is 0.262 e. The van der Waals surface area contributed by atoms with Crippen molar-refractivity contribution in [3.63, 3.8) is 0 Å². The third-order valence-corrected chi connectivity index (χ3v) is 12.4. The molecule has 2 saturated heterocycles. The number of piperidine rings is 1. The Hall–Kier alpha value is -7.07. The van der Waals surface area contributed by atoms with Gasteiger partial charge in [0, 0.05) is 72.8 Å². The van der Waals surface area contributed by atoms with E-state index < -0.39 is 41.5 Å². The first-order chi connectivity index (χ1) is 30.6. The van der Waals surface area contributed by atoms with Gasteiger partial charge in [0.25, 0.3) is 23.6 Å². The first-order valence-corrected chi connectivity index (χ1v) is 21.7. The van der Waals surface area contributed by atoms with E-state index in [2.05, 4.69) is 30.7 Å². The Morgan fingerprint density at radius 1 is 0.698 bits per heavy atom. The number of carbonyl (C=O) groups is 7. The number of amides is 7. The molecule has 1 unspecified atom stereocenters. The molecule has 0 radical (unpaired) electrons. The van der Waals surface area contributed by atoms with Crippen molar-refractivity contribution >= 4 is 85.9 Å². The minimum Gasteiger partial charge on any atom is -0.361 e. The van der Waals surface area contributed by atoms with Crippen LogP contribution in [0, 0.1) is 0 Å². The van der Waals surface area contributed by atoms with Crippen LogP contribution in [0.2, 0.25) is 0 Å². The number of H-pyrrole nitrogens is 1. The van der Waals surface area contributed by atoms with Crippen molar-refractivity contribution in [2.75, 3.05) is 42.9 Å². The normalized spacial score (nSPS) is 18.2. The highest BCUT2D eigenvalue weighted by atomic mass is 16.2. The van der Waals surface area contributed by atoms with Gasteiger partial charge < -0.3 is 15.2 Å². The Labute approximate surface area is 362 Å². The van der Waals surface area contributed by atoms with E-state index in [0.29, 0.717) is 45.8 Å². The molecule has 3 aromatic carbocycles. The second kappa shape index (κ2) is 17.7. The van der Waals surface area contributed by atoms with Gasteiger partial charge in [-0.3, -0.25) is 54.0 Å². The monoisotopic (exact) mass is 849 g/mol. The standard InChI is InChI=1S/C47H47N9O7/c57-37(49-28-17-18-30-32(26-28)46(63)56(45(30)62)36-19-20-38(58)51-42(36)59)16-6-4-2-1-3-5-11-21-54-22-24-55(25-23-54)47-50-35-15-10-8-13-31(35)41(52-47)40-39(43(60)53-44(40)61)33-27-48-34-14-9-7-12-29(33)34/h7-10,12-15,17-18,26-27,36,48H,1-6,11,16,19-25H2,(H,49,57)(H,51,58,59)(H,53,60,61). The Balaban J connectivity index is 0.706. The molecule has 2 aromatic heterocycles. The maximum absolute atomic E-state index is 13.5. The summed E-state index contributed by atoms with van der Waals surface area (Å²) in [7, 11) is 0. The minimum absolute atomic E-state index is 0.0452. The molecule has 63 heavy (non-hydrogen) atoms. The molecule has 9 rings (SSSR count). The molecule has 7 amide bonds. The fraction of sp³-hybridized carbons (Fsp3) is 0.340. The van der Waals surface area contributed by atoms with Gasteiger partial charge in [0.05, 0.1) is 33.5 Å². The smallest absolute Gasteiger partial charge is 0.262 e. The van der Waals surface area contributed by atoms with E-state index in [0.717, 1.165) is 93.5 Å². The van der Waals surface area contributed by atoms with Crippen LogP contribution in [0.4, 0.5) is 11.6 Å². The predicted molar refractivity (Wildman–Crippen MR) is 235 cm³/mol. The molecule has 2 fully saturated rings. The van der Waals surface area contributed by atoms with E-state index in [9.17, 15) is 33.6 Å². The Morgan fingerprint density at radius 3 is 2.19 bits per heavy atom. The molecule has 0 bridgehead atoms. The van der Waals surface area contributed by atoms with Crippen molar-refractivity contribution in [3.8, 4) is 0 Å². The van der Waals surface area contributed by atoms with Crippen LogP contribution < -0.4 is 20.9 Å². The van der Waals surface area contributed by atoms with Crippen LogP contribution in [0.15, 0.2) is 72.9 Å². The molecule has 0 saturated carbocycles. The van der Waals surface area contributed by atoms with Gasteiger partial charge in [-0.05, 0) is 56.1 Å². The summed E-state index contributed by atoms with van der Waals surface area (Å²) in [5, 5.41) is 9.08. The highest BCUT2D eigenvalue weighted by Gasteiger charge is 2.45. The number of hydrogen-bond donors (Lipinski definition) is 4. The maximum atomic E-state index is 13.5. The number of benzene rings is 3. The zero-order chi connectivity index (χ0) is 43.6. The van der Waals surface area contributed by atoms with Gasteiger partial charge in [-0.25, -0.2) is 9.97 Å². The Morgan fingerprint density at radius 2 is 1.40 bits per heavy atom. The summed E-state index contributed by atoms with van der Waals surface area (Å²) in [5.74, 6) is -2.85. The molecule has 16 heteroatoms. The number of nitrogens with zero attached hydrogens (tertiary/aromatic N) is 5. The predicted octanol–water partition coefficient (Wildman–Crippen LogP) is 4.96. The molecule has 6 heterocycles. The fourth-order valence-corrected chi connectivity index (χ4v) is 9.06. The number of rotatable bonds is 15. The average Bonchev–Trinajstić information content (AvgIpc) is 3.92. The average molecular weight is 850 g/mol. The number of hydrogen-bond acceptors (Lipinski definition) is 11. The summed E-state index contributed by atoms with van der Waals surface area (Å²) in [6, 6.07) is 18.8. The lowest BCUT2D eigenvalue weighted by Gasteiger charge is -2.35. The van der Waals surface area contributed by atoms with Crippen molar-refractivity contribution in [3.05, 3.63) is 95.3 Å². The molecule has 0 aliphatic carbocycles. The number of imide groups is 3. The van der Waals surface area contributed by atoms with E-state index in [1.54, 1.807) is 12.3 Å². The van der Waals surface area contributed by atoms with Gasteiger partial charge in [0.2, 0.25) is 23.7 Å². The molecule has 4 aliphatic heterocycles. The zero-order valence-corrected chi connectivity index (χ0v) is 34.7. The van der Waals surface area contributed by atoms with E-state index >= 15 is 0 Å². The summed E-state index contributed by atoms with van der Waals surface area (Å²) in [6.07, 6.45) is 9.33. The number of nitrogens with one attached hydrogen (secondary N) is 4. The van der Waals surface area contributed by atoms with Crippen LogP contribution in [0.25, 0.3) is 33.0 Å². The molecule has 4 aliphatic rings. The highest BCUT2D eigenvalue weighted by molar-refractivity contribution is 6.50. The summed E-state index contributed by atoms with van der Waals surface area (Å²) in [4.78, 5) is 108. The number of aromatic nitrogens is 3. The van der Waals surface area contributed by atoms with Crippen LogP contribution in [0.3, 0.4) is 0 Å². The zero-order valence-electron chi connectivity index (χ0n) is 34.7. The number of anilines is 2. The molecular weight excluding hydrogens is 803 g/mol. The van der Waals surface area contributed by atoms with Crippen molar-refractivity contribution < 1.29 is 33.6 Å². The van der Waals surface area contributed by atoms with Crippen molar-refractivity contribution in [2.45, 2.75) is 70.3 Å². The summed E-state index contributed by atoms with van der Waals surface area (Å²) in [5.41, 5.74) is 3.93. The first-order valence-electron chi connectivity index (χ1n) is 21.7. The molecule has 16 nitrogen and oxygen atoms in total. The van der Waals surface area contributed by atoms with Crippen molar-refractivity contribution in [1.29, 1.82) is 0 Å². The van der Waals surface area contributed by atoms with Gasteiger partial charge in [0.15, 0.2) is 0 Å². The first kappa shape index (κ1) is 41.3. The van der Waals surface area contributed by atoms with Gasteiger partial charge in [0.1, 0.15) is 6.04 Å². The van der Waals surface area contributed by atoms with Gasteiger partial charge in [-0.15, -0.1) is 0 Å². The number of unbranched alkanes of at least 4 members (excludes halogenated alkanes) is 6. The van der Waals surface area contributed by atoms with Crippen LogP contribution in [-0.2, 0) is 24.0 Å². The minimum atomic E-state index is -1.04. The Bertz CT molecular complexity index is 2730. The fourth-order valence-electron chi connectivity index (χ4n) is 9.06. The van der Waals surface area contributed by atoms with Crippen molar-refractivity contribution in [1.82, 2.24) is 35.4 Å². The second-order valence-electron chi connectivity index (χ2n) is 16.5. The molecule has 4 N–H and O–H groups in total. The van der Waals surface area contributed by atoms with Crippen LogP contribution in [0.5, 0.6) is 0 Å². The molecule has 322 valence electrons. The van der Waals surface area contributed by atoms with Crippen LogP contribution in [0.1, 0.15) is 96.2 Å². The third kappa shape index (κ3) is 8.33. The molecule has 0 spiro atoms. The third-order valence-electron chi connectivity index (χ3n) is 12.4. The SMILES string of the molecule is O=C1CCC(N2C(=O)c3ccc(NC(=O)CCCCCCCCCN4CCN(c5nc(C6=C(c7c[nH]c8ccccc78)C(=O)NC6=O)c6ccccc6n5)CC4)cc3C2=O)C(=O)N1. The lowest BCUT2D eigenvalue weighted by molar-refractivity contribution is -0.136. The summed E-state index contributed by atoms with van der Waals surface area (Å²) >= 11 is 0. The lowest BCUT2D eigenvalue weighted by atomic mass is 9.97. The summed E-state index contributed by atoms with van der Waals surface area (Å²) < 4.78 is 0. The number of fused-ring (bicyclic) bond motifs is 3. The molecule has 5 aromatic rings. The quantitative estimate of drug-likeness (QED) is 0.0818. The summed E-state index contributed by atoms with van der Waals surface area (Å²) in [6.45, 7) is 4.18. The Kier molecular flexibility index (Phi) is 11.6. The van der Waals surface area contributed by atoms with Gasteiger partial charge >= 0.3 is 0 Å². The van der Waals surface area contributed by atoms with E-state index in [4.69, 9.17) is 9.97 Å². The van der Waals surface area contributed by atoms with E-state index in [1.165, 1.54) is 12.1 Å². The molecule has 1 atom stereocenters. The number of aromatic amines is 1. The van der Waals surface area contributed by atoms with E-state index in [1.807, 2.05) is 48.5 Å². The second-order valence-corrected chi connectivity index (χ2v) is 16.5. The number of para-hydroxylation sites is 2. The number of piperazine rings is 1. The van der Waals surface area contributed by atoms with Gasteiger partial charge in [-0.1, -0.05) is 68.5 Å². The number of carbonyl (C=O) groups excluding carboxylic acids is 7. The van der Waals surface area contributed by atoms with Crippen LogP contribution >= 0.6 is 0 Å². The molecular formula is C47H47N9O7. The largest absolute Gasteiger partial charge is 0.361 e. The van der Waals surface area contributed by atoms with Crippen LogP contribution in [-0.4, -0.2) is 105 Å². The highest BCUT2D eigenvalue weighted by Crippen LogP contribution is 2.37. The van der Waals surface area contributed by atoms with E-state index in [-0.39, 0.29) is 35.4 Å².